The minimum Gasteiger partial charge on any atom is -0.354 e. The van der Waals surface area contributed by atoms with E-state index < -0.39 is 0 Å². The predicted molar refractivity (Wildman–Crippen MR) is 66.1 cm³/mol. The Morgan fingerprint density at radius 2 is 2.29 bits per heavy atom. The van der Waals surface area contributed by atoms with Crippen molar-refractivity contribution in [2.24, 2.45) is 0 Å². The molecule has 82 valence electrons. The van der Waals surface area contributed by atoms with E-state index in [1.165, 1.54) is 19.3 Å². The molecule has 0 aromatic heterocycles. The first kappa shape index (κ1) is 12.4. The predicted octanol–water partition coefficient (Wildman–Crippen LogP) is 2.56. The average Bonchev–Trinajstić information content (AvgIpc) is 2.15. The average molecular weight is 280 g/mol. The van der Waals surface area contributed by atoms with Gasteiger partial charge in [0.2, 0.25) is 5.91 Å². The topological polar surface area (TPSA) is 29.1 Å². The van der Waals surface area contributed by atoms with Crippen LogP contribution in [0.25, 0.3) is 0 Å². The molecule has 0 aromatic rings. The summed E-state index contributed by atoms with van der Waals surface area (Å²) >= 11 is 5.24. The van der Waals surface area contributed by atoms with Crippen LogP contribution in [0.2, 0.25) is 0 Å². The Morgan fingerprint density at radius 3 is 2.64 bits per heavy atom. The van der Waals surface area contributed by atoms with Crippen LogP contribution in [0.4, 0.5) is 0 Å². The summed E-state index contributed by atoms with van der Waals surface area (Å²) in [6.07, 6.45) is 6.78. The molecule has 14 heavy (non-hydrogen) atoms. The smallest absolute Gasteiger partial charge is 0.233 e. The van der Waals surface area contributed by atoms with Crippen molar-refractivity contribution < 1.29 is 4.79 Å². The number of halogens is 1. The van der Waals surface area contributed by atoms with Gasteiger partial charge in [-0.05, 0) is 25.5 Å². The molecule has 0 heterocycles. The van der Waals surface area contributed by atoms with Gasteiger partial charge in [0.25, 0.3) is 0 Å². The van der Waals surface area contributed by atoms with Gasteiger partial charge in [0.05, 0.1) is 4.83 Å². The number of nitrogens with one attached hydrogen (secondary N) is 1. The number of amides is 1. The summed E-state index contributed by atoms with van der Waals surface area (Å²) in [6.45, 7) is 2.84. The van der Waals surface area contributed by atoms with Gasteiger partial charge in [0.1, 0.15) is 0 Å². The molecule has 0 spiro atoms. The number of thioether (sulfide) groups is 1. The van der Waals surface area contributed by atoms with Gasteiger partial charge >= 0.3 is 0 Å². The van der Waals surface area contributed by atoms with Gasteiger partial charge in [-0.2, -0.15) is 11.8 Å². The highest BCUT2D eigenvalue weighted by molar-refractivity contribution is 9.10. The number of hydrogen-bond acceptors (Lipinski definition) is 2. The molecule has 0 aliphatic heterocycles. The van der Waals surface area contributed by atoms with Crippen LogP contribution in [0.3, 0.4) is 0 Å². The van der Waals surface area contributed by atoms with Crippen molar-refractivity contribution in [3.63, 3.8) is 0 Å². The van der Waals surface area contributed by atoms with Gasteiger partial charge in [0.15, 0.2) is 0 Å². The first-order valence-corrected chi connectivity index (χ1v) is 7.24. The molecule has 1 aliphatic rings. The molecule has 1 rings (SSSR count). The Labute approximate surface area is 98.7 Å². The van der Waals surface area contributed by atoms with E-state index in [2.05, 4.69) is 27.5 Å². The van der Waals surface area contributed by atoms with Crippen LogP contribution in [-0.2, 0) is 4.79 Å². The van der Waals surface area contributed by atoms with Crippen LogP contribution in [-0.4, -0.2) is 28.3 Å². The molecule has 0 aromatic carbocycles. The third kappa shape index (κ3) is 2.89. The van der Waals surface area contributed by atoms with Crippen molar-refractivity contribution in [1.82, 2.24) is 5.32 Å². The molecule has 4 heteroatoms. The Kier molecular flexibility index (Phi) is 4.77. The monoisotopic (exact) mass is 279 g/mol. The van der Waals surface area contributed by atoms with E-state index in [1.54, 1.807) is 0 Å². The lowest BCUT2D eigenvalue weighted by atomic mass is 9.84. The Bertz CT molecular complexity index is 201. The molecule has 0 radical (unpaired) electrons. The normalized spacial score (nSPS) is 21.1. The third-order valence-electron chi connectivity index (χ3n) is 2.93. The zero-order valence-corrected chi connectivity index (χ0v) is 11.2. The summed E-state index contributed by atoms with van der Waals surface area (Å²) in [5.41, 5.74) is 0. The lowest BCUT2D eigenvalue weighted by Crippen LogP contribution is -2.46. The van der Waals surface area contributed by atoms with E-state index in [0.29, 0.717) is 4.75 Å². The van der Waals surface area contributed by atoms with E-state index in [-0.39, 0.29) is 10.7 Å². The first-order chi connectivity index (χ1) is 6.63. The van der Waals surface area contributed by atoms with Gasteiger partial charge in [-0.15, -0.1) is 0 Å². The third-order valence-corrected chi connectivity index (χ3v) is 5.41. The highest BCUT2D eigenvalue weighted by atomic mass is 79.9. The summed E-state index contributed by atoms with van der Waals surface area (Å²) in [4.78, 5) is 11.5. The Hall–Kier alpha value is 0.300. The van der Waals surface area contributed by atoms with Crippen molar-refractivity contribution >= 4 is 33.6 Å². The second kappa shape index (κ2) is 5.40. The fraction of sp³-hybridized carbons (Fsp3) is 0.900. The van der Waals surface area contributed by atoms with Gasteiger partial charge < -0.3 is 5.32 Å². The minimum atomic E-state index is -0.0264. The van der Waals surface area contributed by atoms with Crippen molar-refractivity contribution in [3.05, 3.63) is 0 Å². The van der Waals surface area contributed by atoms with Gasteiger partial charge in [0, 0.05) is 11.3 Å². The fourth-order valence-electron chi connectivity index (χ4n) is 1.57. The lowest BCUT2D eigenvalue weighted by molar-refractivity contribution is -0.120. The maximum Gasteiger partial charge on any atom is 0.233 e. The maximum atomic E-state index is 11.5. The molecular formula is C10H18BrNOS. The van der Waals surface area contributed by atoms with Crippen molar-refractivity contribution in [1.29, 1.82) is 0 Å². The lowest BCUT2D eigenvalue weighted by Gasteiger charge is -2.40. The standard InChI is InChI=1S/C10H18BrNOS/c1-3-8(11)9(13)12-7-10(14-2)5-4-6-10/h8H,3-7H2,1-2H3,(H,12,13). The Morgan fingerprint density at radius 1 is 1.64 bits per heavy atom. The second-order valence-electron chi connectivity index (χ2n) is 3.83. The maximum absolute atomic E-state index is 11.5. The summed E-state index contributed by atoms with van der Waals surface area (Å²) in [5.74, 6) is 0.132. The fourth-order valence-corrected chi connectivity index (χ4v) is 2.64. The summed E-state index contributed by atoms with van der Waals surface area (Å²) < 4.78 is 0.343. The first-order valence-electron chi connectivity index (χ1n) is 5.10. The van der Waals surface area contributed by atoms with Crippen LogP contribution < -0.4 is 5.32 Å². The zero-order chi connectivity index (χ0) is 10.6. The van der Waals surface area contributed by atoms with E-state index in [1.807, 2.05) is 18.7 Å². The van der Waals surface area contributed by atoms with E-state index in [9.17, 15) is 4.79 Å². The van der Waals surface area contributed by atoms with E-state index in [4.69, 9.17) is 0 Å². The van der Waals surface area contributed by atoms with Gasteiger partial charge in [-0.25, -0.2) is 0 Å². The highest BCUT2D eigenvalue weighted by Gasteiger charge is 2.36. The molecule has 1 unspecified atom stereocenters. The van der Waals surface area contributed by atoms with Crippen molar-refractivity contribution in [2.75, 3.05) is 12.8 Å². The van der Waals surface area contributed by atoms with Crippen LogP contribution in [0.15, 0.2) is 0 Å². The number of rotatable bonds is 5. The largest absolute Gasteiger partial charge is 0.354 e. The van der Waals surface area contributed by atoms with Crippen LogP contribution >= 0.6 is 27.7 Å². The summed E-state index contributed by atoms with van der Waals surface area (Å²) in [5, 5.41) is 3.02. The molecule has 1 saturated carbocycles. The van der Waals surface area contributed by atoms with Crippen molar-refractivity contribution in [2.45, 2.75) is 42.2 Å². The molecule has 2 nitrogen and oxygen atoms in total. The van der Waals surface area contributed by atoms with Crippen molar-refractivity contribution in [3.8, 4) is 0 Å². The second-order valence-corrected chi connectivity index (χ2v) is 6.21. The summed E-state index contributed by atoms with van der Waals surface area (Å²) in [7, 11) is 0. The quantitative estimate of drug-likeness (QED) is 0.784. The minimum absolute atomic E-state index is 0.0264. The molecule has 1 N–H and O–H groups in total. The molecule has 0 saturated heterocycles. The van der Waals surface area contributed by atoms with Crippen LogP contribution in [0.1, 0.15) is 32.6 Å². The van der Waals surface area contributed by atoms with Crippen LogP contribution in [0, 0.1) is 0 Å². The number of carbonyl (C=O) groups excluding carboxylic acids is 1. The zero-order valence-electron chi connectivity index (χ0n) is 8.81. The Balaban J connectivity index is 2.28. The molecule has 1 fully saturated rings. The molecule has 0 bridgehead atoms. The molecular weight excluding hydrogens is 262 g/mol. The van der Waals surface area contributed by atoms with Crippen LogP contribution in [0.5, 0.6) is 0 Å². The number of carbonyl (C=O) groups is 1. The van der Waals surface area contributed by atoms with Gasteiger partial charge in [-0.1, -0.05) is 29.3 Å². The highest BCUT2D eigenvalue weighted by Crippen LogP contribution is 2.42. The molecule has 1 aliphatic carbocycles. The van der Waals surface area contributed by atoms with E-state index >= 15 is 0 Å². The SMILES string of the molecule is CCC(Br)C(=O)NCC1(SC)CCC1. The summed E-state index contributed by atoms with van der Waals surface area (Å²) in [6, 6.07) is 0. The molecule has 1 atom stereocenters. The number of hydrogen-bond donors (Lipinski definition) is 1. The van der Waals surface area contributed by atoms with E-state index in [0.717, 1.165) is 13.0 Å². The number of alkyl halides is 1. The molecule has 1 amide bonds. The van der Waals surface area contributed by atoms with Gasteiger partial charge in [-0.3, -0.25) is 4.79 Å².